The Balaban J connectivity index is 0. The van der Waals surface area contributed by atoms with Crippen molar-refractivity contribution in [3.05, 3.63) is 0 Å². The van der Waals surface area contributed by atoms with Crippen LogP contribution in [0.3, 0.4) is 0 Å². The van der Waals surface area contributed by atoms with Crippen molar-refractivity contribution < 1.29 is 9.53 Å². The van der Waals surface area contributed by atoms with Gasteiger partial charge < -0.3 is 4.74 Å². The number of amidine groups is 1. The molecular weight excluding hydrogens is 259 g/mol. The van der Waals surface area contributed by atoms with Gasteiger partial charge in [-0.3, -0.25) is 10.3 Å². The maximum absolute atomic E-state index is 10.9. The number of piperidine rings is 1. The largest absolute Gasteiger partial charge is 0.452 e. The number of hydrogen-bond acceptors (Lipinski definition) is 3. The molecule has 0 spiro atoms. The van der Waals surface area contributed by atoms with Gasteiger partial charge in [-0.2, -0.15) is 0 Å². The lowest BCUT2D eigenvalue weighted by molar-refractivity contribution is 0.142. The zero-order chi connectivity index (χ0) is 8.27. The zero-order valence-electron chi connectivity index (χ0n) is 7.41. The summed E-state index contributed by atoms with van der Waals surface area (Å²) in [6.45, 7) is 0.630. The molecule has 0 aromatic rings. The normalized spacial score (nSPS) is 15.5. The first kappa shape index (κ1) is 15.2. The SMILES string of the molecule is Br.COC(=O)N1CCCCC1=N.Cl. The van der Waals surface area contributed by atoms with E-state index in [1.165, 1.54) is 12.0 Å². The number of hydrogen-bond donors (Lipinski definition) is 1. The van der Waals surface area contributed by atoms with Gasteiger partial charge in [0.15, 0.2) is 0 Å². The molecule has 78 valence electrons. The lowest BCUT2D eigenvalue weighted by atomic mass is 10.1. The highest BCUT2D eigenvalue weighted by atomic mass is 79.9. The molecule has 4 nitrogen and oxygen atoms in total. The fraction of sp³-hybridized carbons (Fsp3) is 0.714. The molecule has 0 unspecified atom stereocenters. The number of nitrogens with one attached hydrogen (secondary N) is 1. The monoisotopic (exact) mass is 272 g/mol. The number of methoxy groups -OCH3 is 1. The van der Waals surface area contributed by atoms with E-state index in [1.54, 1.807) is 0 Å². The van der Waals surface area contributed by atoms with E-state index in [0.29, 0.717) is 18.8 Å². The van der Waals surface area contributed by atoms with Crippen LogP contribution in [0.4, 0.5) is 4.79 Å². The summed E-state index contributed by atoms with van der Waals surface area (Å²) in [6, 6.07) is 0. The van der Waals surface area contributed by atoms with Gasteiger partial charge in [0.1, 0.15) is 5.84 Å². The molecule has 1 amide bonds. The number of nitrogens with zero attached hydrogens (tertiary/aromatic N) is 1. The molecule has 0 bridgehead atoms. The summed E-state index contributed by atoms with van der Waals surface area (Å²) < 4.78 is 4.51. The van der Waals surface area contributed by atoms with Crippen molar-refractivity contribution in [3.8, 4) is 0 Å². The number of ether oxygens (including phenoxy) is 1. The fourth-order valence-corrected chi connectivity index (χ4v) is 1.14. The Morgan fingerprint density at radius 1 is 1.54 bits per heavy atom. The minimum Gasteiger partial charge on any atom is -0.452 e. The van der Waals surface area contributed by atoms with Crippen molar-refractivity contribution in [3.63, 3.8) is 0 Å². The molecule has 0 aliphatic carbocycles. The highest BCUT2D eigenvalue weighted by Gasteiger charge is 2.21. The molecule has 6 heteroatoms. The van der Waals surface area contributed by atoms with E-state index >= 15 is 0 Å². The average molecular weight is 274 g/mol. The number of likely N-dealkylation sites (tertiary alicyclic amines) is 1. The van der Waals surface area contributed by atoms with Gasteiger partial charge in [0.25, 0.3) is 0 Å². The van der Waals surface area contributed by atoms with E-state index in [2.05, 4.69) is 4.74 Å². The predicted octanol–water partition coefficient (Wildman–Crippen LogP) is 2.22. The third-order valence-electron chi connectivity index (χ3n) is 1.77. The van der Waals surface area contributed by atoms with Crippen LogP contribution in [0.5, 0.6) is 0 Å². The summed E-state index contributed by atoms with van der Waals surface area (Å²) >= 11 is 0. The fourth-order valence-electron chi connectivity index (χ4n) is 1.14. The number of rotatable bonds is 0. The second-order valence-electron chi connectivity index (χ2n) is 2.53. The maximum Gasteiger partial charge on any atom is 0.414 e. The topological polar surface area (TPSA) is 53.4 Å². The van der Waals surface area contributed by atoms with E-state index in [0.717, 1.165) is 12.8 Å². The summed E-state index contributed by atoms with van der Waals surface area (Å²) in [4.78, 5) is 12.3. The number of amides is 1. The standard InChI is InChI=1S/C7H12N2O2.BrH.ClH/c1-11-7(10)9-5-3-2-4-6(9)8;;/h8H,2-5H2,1H3;2*1H. The van der Waals surface area contributed by atoms with Crippen LogP contribution in [-0.4, -0.2) is 30.5 Å². The van der Waals surface area contributed by atoms with Gasteiger partial charge in [0, 0.05) is 13.0 Å². The molecule has 1 fully saturated rings. The molecule has 0 radical (unpaired) electrons. The Bertz CT molecular complexity index is 181. The quantitative estimate of drug-likeness (QED) is 0.736. The van der Waals surface area contributed by atoms with Gasteiger partial charge in [0.2, 0.25) is 0 Å². The Labute approximate surface area is 94.3 Å². The molecular formula is C7H14BrClN2O2. The van der Waals surface area contributed by atoms with Crippen molar-refractivity contribution in [2.75, 3.05) is 13.7 Å². The molecule has 13 heavy (non-hydrogen) atoms. The molecule has 0 saturated carbocycles. The third kappa shape index (κ3) is 3.95. The summed E-state index contributed by atoms with van der Waals surface area (Å²) in [5.41, 5.74) is 0. The van der Waals surface area contributed by atoms with Crippen LogP contribution >= 0.6 is 29.4 Å². The summed E-state index contributed by atoms with van der Waals surface area (Å²) in [6.07, 6.45) is 2.26. The van der Waals surface area contributed by atoms with E-state index < -0.39 is 6.09 Å². The van der Waals surface area contributed by atoms with Crippen molar-refractivity contribution >= 4 is 41.3 Å². The Hall–Kier alpha value is -0.290. The molecule has 1 heterocycles. The maximum atomic E-state index is 10.9. The minimum atomic E-state index is -0.408. The van der Waals surface area contributed by atoms with Crippen LogP contribution in [-0.2, 0) is 4.74 Å². The average Bonchev–Trinajstić information content (AvgIpc) is 2.04. The lowest BCUT2D eigenvalue weighted by Gasteiger charge is -2.25. The number of carbonyl (C=O) groups excluding carboxylic acids is 1. The molecule has 1 rings (SSSR count). The zero-order valence-corrected chi connectivity index (χ0v) is 9.94. The van der Waals surface area contributed by atoms with E-state index in [9.17, 15) is 4.79 Å². The number of carbonyl (C=O) groups is 1. The second kappa shape index (κ2) is 7.15. The van der Waals surface area contributed by atoms with Crippen molar-refractivity contribution in [1.29, 1.82) is 5.41 Å². The highest BCUT2D eigenvalue weighted by Crippen LogP contribution is 2.11. The van der Waals surface area contributed by atoms with Gasteiger partial charge in [0.05, 0.1) is 7.11 Å². The van der Waals surface area contributed by atoms with Crippen LogP contribution in [0, 0.1) is 5.41 Å². The first-order valence-corrected chi connectivity index (χ1v) is 3.68. The first-order chi connectivity index (χ1) is 5.25. The summed E-state index contributed by atoms with van der Waals surface area (Å²) in [5.74, 6) is 0.378. The third-order valence-corrected chi connectivity index (χ3v) is 1.77. The minimum absolute atomic E-state index is 0. The Morgan fingerprint density at radius 3 is 2.62 bits per heavy atom. The summed E-state index contributed by atoms with van der Waals surface area (Å²) in [5, 5.41) is 7.40. The number of halogens is 2. The predicted molar refractivity (Wildman–Crippen MR) is 58.3 cm³/mol. The van der Waals surface area contributed by atoms with Gasteiger partial charge >= 0.3 is 6.09 Å². The lowest BCUT2D eigenvalue weighted by Crippen LogP contribution is -2.39. The first-order valence-electron chi connectivity index (χ1n) is 3.68. The Morgan fingerprint density at radius 2 is 2.15 bits per heavy atom. The van der Waals surface area contributed by atoms with Crippen LogP contribution in [0.25, 0.3) is 0 Å². The van der Waals surface area contributed by atoms with Gasteiger partial charge in [-0.05, 0) is 12.8 Å². The van der Waals surface area contributed by atoms with E-state index in [4.69, 9.17) is 5.41 Å². The van der Waals surface area contributed by atoms with Crippen molar-refractivity contribution in [2.45, 2.75) is 19.3 Å². The van der Waals surface area contributed by atoms with Crippen molar-refractivity contribution in [2.24, 2.45) is 0 Å². The van der Waals surface area contributed by atoms with E-state index in [1.807, 2.05) is 0 Å². The molecule has 0 aromatic heterocycles. The molecule has 1 aliphatic heterocycles. The van der Waals surface area contributed by atoms with Crippen LogP contribution in [0.15, 0.2) is 0 Å². The smallest absolute Gasteiger partial charge is 0.414 e. The van der Waals surface area contributed by atoms with Crippen molar-refractivity contribution in [1.82, 2.24) is 4.90 Å². The molecule has 1 aliphatic rings. The molecule has 0 aromatic carbocycles. The molecule has 1 saturated heterocycles. The molecule has 0 atom stereocenters. The van der Waals surface area contributed by atoms with E-state index in [-0.39, 0.29) is 29.4 Å². The van der Waals surface area contributed by atoms with Crippen LogP contribution in [0.1, 0.15) is 19.3 Å². The van der Waals surface area contributed by atoms with Gasteiger partial charge in [-0.15, -0.1) is 29.4 Å². The van der Waals surface area contributed by atoms with Crippen LogP contribution < -0.4 is 0 Å². The Kier molecular flexibility index (Phi) is 8.35. The van der Waals surface area contributed by atoms with Gasteiger partial charge in [-0.25, -0.2) is 4.79 Å². The molecule has 1 N–H and O–H groups in total. The van der Waals surface area contributed by atoms with Crippen LogP contribution in [0.2, 0.25) is 0 Å². The van der Waals surface area contributed by atoms with Gasteiger partial charge in [-0.1, -0.05) is 0 Å². The summed E-state index contributed by atoms with van der Waals surface area (Å²) in [7, 11) is 1.34. The second-order valence-corrected chi connectivity index (χ2v) is 2.53. The highest BCUT2D eigenvalue weighted by molar-refractivity contribution is 8.93.